The van der Waals surface area contributed by atoms with E-state index in [0.717, 1.165) is 6.07 Å². The highest BCUT2D eigenvalue weighted by molar-refractivity contribution is 6.39. The summed E-state index contributed by atoms with van der Waals surface area (Å²) >= 11 is 11.9. The van der Waals surface area contributed by atoms with Gasteiger partial charge in [-0.2, -0.15) is 0 Å². The van der Waals surface area contributed by atoms with Crippen LogP contribution in [-0.4, -0.2) is 4.92 Å². The molecule has 0 aliphatic rings. The number of nitro benzene ring substituents is 1. The van der Waals surface area contributed by atoms with Crippen LogP contribution in [0.15, 0.2) is 36.4 Å². The van der Waals surface area contributed by atoms with Crippen molar-refractivity contribution in [3.63, 3.8) is 0 Å². The predicted molar refractivity (Wildman–Crippen MR) is 68.5 cm³/mol. The maximum Gasteiger partial charge on any atom is 0.280 e. The molecular weight excluding hydrogens is 280 g/mol. The normalized spacial score (nSPS) is 10.4. The Morgan fingerprint density at radius 2 is 1.56 bits per heavy atom. The topological polar surface area (TPSA) is 43.1 Å². The molecule has 0 aromatic heterocycles. The van der Waals surface area contributed by atoms with E-state index in [-0.39, 0.29) is 26.9 Å². The highest BCUT2D eigenvalue weighted by atomic mass is 35.5. The molecule has 92 valence electrons. The zero-order chi connectivity index (χ0) is 13.3. The minimum atomic E-state index is -0.737. The first-order valence-corrected chi connectivity index (χ1v) is 5.65. The second-order valence-corrected chi connectivity index (χ2v) is 4.30. The molecule has 2 aromatic rings. The third-order valence-electron chi connectivity index (χ3n) is 2.40. The minimum absolute atomic E-state index is 0.130. The largest absolute Gasteiger partial charge is 0.280 e. The van der Waals surface area contributed by atoms with E-state index in [1.807, 2.05) is 0 Å². The summed E-state index contributed by atoms with van der Waals surface area (Å²) in [6.45, 7) is 0. The van der Waals surface area contributed by atoms with E-state index in [2.05, 4.69) is 0 Å². The molecule has 0 amide bonds. The van der Waals surface area contributed by atoms with Crippen LogP contribution < -0.4 is 0 Å². The third kappa shape index (κ3) is 2.17. The first-order valence-electron chi connectivity index (χ1n) is 4.89. The summed E-state index contributed by atoms with van der Waals surface area (Å²) in [4.78, 5) is 10.3. The summed E-state index contributed by atoms with van der Waals surface area (Å²) in [7, 11) is 0. The predicted octanol–water partition coefficient (Wildman–Crippen LogP) is 4.71. The van der Waals surface area contributed by atoms with Gasteiger partial charge in [0.05, 0.1) is 20.5 Å². The summed E-state index contributed by atoms with van der Waals surface area (Å²) in [5.41, 5.74) is -0.436. The van der Waals surface area contributed by atoms with Crippen molar-refractivity contribution >= 4 is 28.9 Å². The summed E-state index contributed by atoms with van der Waals surface area (Å²) in [6.07, 6.45) is 0. The maximum atomic E-state index is 13.8. The molecule has 6 heteroatoms. The molecule has 0 aliphatic carbocycles. The lowest BCUT2D eigenvalue weighted by Gasteiger charge is -2.08. The fourth-order valence-corrected chi connectivity index (χ4v) is 2.24. The average Bonchev–Trinajstić information content (AvgIpc) is 2.30. The number of nitro groups is 1. The Morgan fingerprint density at radius 1 is 1.00 bits per heavy atom. The van der Waals surface area contributed by atoms with Crippen molar-refractivity contribution < 1.29 is 9.31 Å². The first kappa shape index (κ1) is 12.8. The Bertz CT molecular complexity index is 611. The molecule has 0 heterocycles. The molecule has 0 bridgehead atoms. The first-order chi connectivity index (χ1) is 8.52. The second-order valence-electron chi connectivity index (χ2n) is 3.49. The molecular formula is C12H6Cl2FNO2. The molecule has 18 heavy (non-hydrogen) atoms. The van der Waals surface area contributed by atoms with Crippen LogP contribution in [0, 0.1) is 15.9 Å². The van der Waals surface area contributed by atoms with Crippen LogP contribution in [0.3, 0.4) is 0 Å². The molecule has 0 N–H and O–H groups in total. The van der Waals surface area contributed by atoms with Gasteiger partial charge in [-0.1, -0.05) is 35.3 Å². The Hall–Kier alpha value is -1.65. The van der Waals surface area contributed by atoms with Crippen LogP contribution in [-0.2, 0) is 0 Å². The number of hydrogen-bond donors (Lipinski definition) is 0. The second kappa shape index (κ2) is 4.92. The van der Waals surface area contributed by atoms with Gasteiger partial charge in [0.15, 0.2) is 0 Å². The summed E-state index contributed by atoms with van der Waals surface area (Å²) in [5.74, 6) is -0.737. The van der Waals surface area contributed by atoms with Gasteiger partial charge in [-0.05, 0) is 18.2 Å². The van der Waals surface area contributed by atoms with Crippen LogP contribution in [0.5, 0.6) is 0 Å². The highest BCUT2D eigenvalue weighted by Crippen LogP contribution is 2.40. The molecule has 0 aliphatic heterocycles. The third-order valence-corrected chi connectivity index (χ3v) is 3.03. The smallest absolute Gasteiger partial charge is 0.258 e. The number of halogens is 3. The van der Waals surface area contributed by atoms with Crippen molar-refractivity contribution in [2.24, 2.45) is 0 Å². The number of benzene rings is 2. The molecule has 2 rings (SSSR count). The monoisotopic (exact) mass is 285 g/mol. The number of hydrogen-bond acceptors (Lipinski definition) is 2. The Balaban J connectivity index is 2.82. The van der Waals surface area contributed by atoms with E-state index in [9.17, 15) is 14.5 Å². The van der Waals surface area contributed by atoms with E-state index >= 15 is 0 Å². The van der Waals surface area contributed by atoms with E-state index in [0.29, 0.717) is 0 Å². The molecule has 0 unspecified atom stereocenters. The van der Waals surface area contributed by atoms with Gasteiger partial charge in [-0.3, -0.25) is 10.1 Å². The molecule has 2 aromatic carbocycles. The summed E-state index contributed by atoms with van der Waals surface area (Å²) < 4.78 is 13.8. The van der Waals surface area contributed by atoms with E-state index in [1.165, 1.54) is 24.3 Å². The van der Waals surface area contributed by atoms with E-state index in [4.69, 9.17) is 23.2 Å². The van der Waals surface area contributed by atoms with Gasteiger partial charge >= 0.3 is 0 Å². The van der Waals surface area contributed by atoms with Gasteiger partial charge in [0.25, 0.3) is 5.69 Å². The standard InChI is InChI=1S/C12H6Cl2FNO2/c13-7-3-1-4-8(14)11(7)12-9(15)5-2-6-10(12)16(17)18/h1-6H. The minimum Gasteiger partial charge on any atom is -0.258 e. The molecule has 3 nitrogen and oxygen atoms in total. The highest BCUT2D eigenvalue weighted by Gasteiger charge is 2.23. The van der Waals surface area contributed by atoms with Gasteiger partial charge in [0.1, 0.15) is 5.82 Å². The lowest BCUT2D eigenvalue weighted by atomic mass is 10.0. The van der Waals surface area contributed by atoms with Crippen molar-refractivity contribution in [1.29, 1.82) is 0 Å². The van der Waals surface area contributed by atoms with Crippen LogP contribution in [0.25, 0.3) is 11.1 Å². The molecule has 0 saturated carbocycles. The Morgan fingerprint density at radius 3 is 2.11 bits per heavy atom. The van der Waals surface area contributed by atoms with Gasteiger partial charge in [0.2, 0.25) is 0 Å². The van der Waals surface area contributed by atoms with E-state index in [1.54, 1.807) is 6.07 Å². The number of rotatable bonds is 2. The van der Waals surface area contributed by atoms with Crippen molar-refractivity contribution in [3.05, 3.63) is 62.4 Å². The molecule has 0 saturated heterocycles. The van der Waals surface area contributed by atoms with Gasteiger partial charge in [-0.15, -0.1) is 0 Å². The Labute approximate surface area is 112 Å². The van der Waals surface area contributed by atoms with E-state index < -0.39 is 10.7 Å². The lowest BCUT2D eigenvalue weighted by molar-refractivity contribution is -0.384. The van der Waals surface area contributed by atoms with Crippen molar-refractivity contribution in [2.75, 3.05) is 0 Å². The summed E-state index contributed by atoms with van der Waals surface area (Å²) in [6, 6.07) is 8.18. The quantitative estimate of drug-likeness (QED) is 0.592. The van der Waals surface area contributed by atoms with Crippen LogP contribution >= 0.6 is 23.2 Å². The van der Waals surface area contributed by atoms with Crippen LogP contribution in [0.2, 0.25) is 10.0 Å². The summed E-state index contributed by atoms with van der Waals surface area (Å²) in [5, 5.41) is 11.2. The molecule has 0 fully saturated rings. The fourth-order valence-electron chi connectivity index (χ4n) is 1.65. The van der Waals surface area contributed by atoms with Gasteiger partial charge in [0, 0.05) is 11.6 Å². The van der Waals surface area contributed by atoms with Crippen molar-refractivity contribution in [2.45, 2.75) is 0 Å². The van der Waals surface area contributed by atoms with Crippen molar-refractivity contribution in [1.82, 2.24) is 0 Å². The average molecular weight is 286 g/mol. The molecule has 0 spiro atoms. The van der Waals surface area contributed by atoms with Crippen LogP contribution in [0.1, 0.15) is 0 Å². The Kier molecular flexibility index (Phi) is 3.50. The molecule has 0 radical (unpaired) electrons. The van der Waals surface area contributed by atoms with Gasteiger partial charge in [-0.25, -0.2) is 4.39 Å². The zero-order valence-corrected chi connectivity index (χ0v) is 10.4. The number of nitrogens with zero attached hydrogens (tertiary/aromatic N) is 1. The zero-order valence-electron chi connectivity index (χ0n) is 8.86. The maximum absolute atomic E-state index is 13.8. The van der Waals surface area contributed by atoms with Crippen molar-refractivity contribution in [3.8, 4) is 11.1 Å². The van der Waals surface area contributed by atoms with Crippen LogP contribution in [0.4, 0.5) is 10.1 Å². The fraction of sp³-hybridized carbons (Fsp3) is 0. The van der Waals surface area contributed by atoms with Gasteiger partial charge < -0.3 is 0 Å². The molecule has 0 atom stereocenters. The lowest BCUT2D eigenvalue weighted by Crippen LogP contribution is -1.96. The SMILES string of the molecule is O=[N+]([O-])c1cccc(F)c1-c1c(Cl)cccc1Cl.